The molecule has 3 saturated carbocycles. The molecule has 0 bridgehead atoms. The molecule has 0 spiro atoms. The molecule has 0 radical (unpaired) electrons. The van der Waals surface area contributed by atoms with Gasteiger partial charge in [0.15, 0.2) is 17.9 Å². The van der Waals surface area contributed by atoms with E-state index < -0.39 is 222 Å². The Morgan fingerprint density at radius 1 is 0.463 bits per heavy atom. The Labute approximate surface area is 778 Å². The molecule has 6 rings (SSSR count). The van der Waals surface area contributed by atoms with E-state index in [0.29, 0.717) is 43.4 Å². The van der Waals surface area contributed by atoms with Crippen LogP contribution in [0.4, 0.5) is 0 Å². The van der Waals surface area contributed by atoms with Crippen molar-refractivity contribution >= 4 is 118 Å². The van der Waals surface area contributed by atoms with Gasteiger partial charge in [-0.05, 0) is 133 Å². The van der Waals surface area contributed by atoms with Crippen LogP contribution in [-0.4, -0.2) is 271 Å². The molecule has 3 heterocycles. The molecule has 134 heavy (non-hydrogen) atoms. The fraction of sp³-hybridized carbons (Fsp3) is 0.674. The number of amides is 17. The number of pyridine rings is 1. The number of carbonyl (C=O) groups excluding carboxylic acids is 17. The molecule has 14 atom stereocenters. The number of imidazole rings is 1. The number of primary amides is 3. The van der Waals surface area contributed by atoms with Gasteiger partial charge in [0.2, 0.25) is 100 Å². The van der Waals surface area contributed by atoms with Gasteiger partial charge in [0.25, 0.3) is 0 Å². The molecule has 4 fully saturated rings. The third-order valence-electron chi connectivity index (χ3n) is 24.2. The van der Waals surface area contributed by atoms with Crippen molar-refractivity contribution in [3.05, 3.63) is 48.3 Å². The molecule has 1 saturated heterocycles. The van der Waals surface area contributed by atoms with Gasteiger partial charge in [0.1, 0.15) is 84.1 Å². The minimum atomic E-state index is -2.10. The number of hydrogen-bond donors (Lipinski definition) is 28. The van der Waals surface area contributed by atoms with Gasteiger partial charge in [0, 0.05) is 76.6 Å². The lowest BCUT2D eigenvalue weighted by Gasteiger charge is -2.32. The maximum absolute atomic E-state index is 15.4. The van der Waals surface area contributed by atoms with E-state index in [2.05, 4.69) is 100 Å². The molecule has 48 heteroatoms. The Kier molecular flexibility index (Phi) is 46.1. The normalized spacial score (nSPS) is 17.7. The van der Waals surface area contributed by atoms with Gasteiger partial charge in [-0.1, -0.05) is 96.3 Å². The Hall–Kier alpha value is -12.9. The maximum Gasteiger partial charge on any atom is 0.248 e. The first kappa shape index (κ1) is 110. The number of carbonyl (C=O) groups is 17. The molecule has 0 aromatic carbocycles. The van der Waals surface area contributed by atoms with Gasteiger partial charge in [-0.15, -0.1) is 0 Å². The summed E-state index contributed by atoms with van der Waals surface area (Å²) in [6, 6.07) is -16.7. The van der Waals surface area contributed by atoms with E-state index in [9.17, 15) is 77.3 Å². The van der Waals surface area contributed by atoms with Crippen molar-refractivity contribution in [1.82, 2.24) is 105 Å². The summed E-state index contributed by atoms with van der Waals surface area (Å²) in [5, 5.41) is 86.0. The van der Waals surface area contributed by atoms with Crippen LogP contribution in [-0.2, 0) is 94.3 Å². The highest BCUT2D eigenvalue weighted by molar-refractivity contribution is 6.02. The number of aromatic amines is 1. The molecule has 2 aromatic heterocycles. The molecule has 3 aliphatic carbocycles. The molecular formula is C86H141N29O19. The first-order valence-electron chi connectivity index (χ1n) is 46.1. The summed E-state index contributed by atoms with van der Waals surface area (Å²) in [5.41, 5.74) is 32.3. The molecule has 34 N–H and O–H groups in total. The van der Waals surface area contributed by atoms with E-state index in [0.717, 1.165) is 84.5 Å². The zero-order valence-corrected chi connectivity index (χ0v) is 76.9. The number of rotatable bonds is 56. The number of aromatic nitrogens is 3. The van der Waals surface area contributed by atoms with Gasteiger partial charge in [0.05, 0.1) is 25.5 Å². The van der Waals surface area contributed by atoms with Crippen LogP contribution in [0.2, 0.25) is 0 Å². The first-order valence-corrected chi connectivity index (χ1v) is 46.1. The fourth-order valence-electron chi connectivity index (χ4n) is 16.9. The monoisotopic (exact) mass is 1880 g/mol. The van der Waals surface area contributed by atoms with Crippen LogP contribution in [0.25, 0.3) is 0 Å². The van der Waals surface area contributed by atoms with Crippen molar-refractivity contribution in [3.63, 3.8) is 0 Å². The quantitative estimate of drug-likeness (QED) is 0.0167. The van der Waals surface area contributed by atoms with E-state index in [1.165, 1.54) is 55.8 Å². The zero-order chi connectivity index (χ0) is 98.7. The van der Waals surface area contributed by atoms with Crippen molar-refractivity contribution in [3.8, 4) is 0 Å². The number of nitrogens with one attached hydrogen (secondary N) is 20. The van der Waals surface area contributed by atoms with Gasteiger partial charge in [-0.3, -0.25) is 103 Å². The van der Waals surface area contributed by atoms with Crippen LogP contribution in [0.3, 0.4) is 0 Å². The maximum atomic E-state index is 15.4. The SMILES string of the molecule is CC(=O)N[C@@H](CO)C(=O)N1CCC[C@@H]1C(=O)N[C@@H](CCCNC(=N)N)C(=O)N[C@@H](Cc1cnc[nH]1)C(=O)N[C@@H](CC1CCCCC1)C(=O)N[C@@H](CC1CCCCC1)C(=O)N[C@@H](CC(N)=O)C(=O)N[C@@H](Cc1ccncc1)C(=O)NC(C)(C)C(=O)N[C@H](C(=O)N[C@@H](CCCNC(=N)N)C(=O)N[C@@H](CCC(N)=O)C(=O)N[C@@H](CCCNC(=N)N)C(=O)N[C@@H](CC1CCCCC1)C(N)=O)[C@@H](C)O. The molecular weight excluding hydrogens is 1740 g/mol. The number of guanidine groups is 3. The summed E-state index contributed by atoms with van der Waals surface area (Å²) in [4.78, 5) is 253. The van der Waals surface area contributed by atoms with Crippen molar-refractivity contribution in [1.29, 1.82) is 16.2 Å². The van der Waals surface area contributed by atoms with Crippen molar-refractivity contribution in [2.45, 2.75) is 317 Å². The average molecular weight is 1890 g/mol. The van der Waals surface area contributed by atoms with Crippen LogP contribution >= 0.6 is 0 Å². The van der Waals surface area contributed by atoms with Gasteiger partial charge >= 0.3 is 0 Å². The summed E-state index contributed by atoms with van der Waals surface area (Å²) in [7, 11) is 0. The van der Waals surface area contributed by atoms with E-state index >= 15 is 14.4 Å². The lowest BCUT2D eigenvalue weighted by atomic mass is 9.83. The summed E-state index contributed by atoms with van der Waals surface area (Å²) in [5.74, 6) is -17.5. The highest BCUT2D eigenvalue weighted by Gasteiger charge is 2.44. The topological polar surface area (TPSA) is 796 Å². The second-order valence-electron chi connectivity index (χ2n) is 35.6. The highest BCUT2D eigenvalue weighted by atomic mass is 16.3. The van der Waals surface area contributed by atoms with Crippen LogP contribution < -0.4 is 119 Å². The van der Waals surface area contributed by atoms with Gasteiger partial charge in [-0.2, -0.15) is 0 Å². The molecule has 744 valence electrons. The molecule has 1 aliphatic heterocycles. The van der Waals surface area contributed by atoms with Crippen LogP contribution in [0, 0.1) is 34.0 Å². The van der Waals surface area contributed by atoms with Crippen molar-refractivity contribution in [2.24, 2.45) is 52.2 Å². The van der Waals surface area contributed by atoms with Gasteiger partial charge < -0.3 is 140 Å². The number of nitrogens with two attached hydrogens (primary N) is 6. The second kappa shape index (κ2) is 56.2. The number of H-pyrrole nitrogens is 1. The standard InChI is InChI=1S/C86H141N29O19/c1-47(117)68(80(132)106-56(26-16-34-100-85(94)95)70(122)104-57(28-29-66(87)119)73(125)103-54(24-14-32-98-83(90)91)71(123)107-58(69(89)121)38-49-18-8-5-9-19-49)113-82(134)86(3,4)114-78(130)61(41-52-30-35-96-36-31-52)110-77(129)63(43-67(88)120)112-75(127)60(40-51-22-12-7-13-23-51)108-74(126)59(39-50-20-10-6-11-21-50)109-76(128)62(42-53-44-97-46-101-53)111-72(124)55(25-15-33-99-84(92)93)105-79(131)65-27-17-37-115(65)81(133)64(45-116)102-48(2)118/h30-31,35-36,44,46-47,49-51,54-65,68,116-117H,5-29,32-34,37-43,45H2,1-4H3,(H2,87,119)(H2,88,120)(H2,89,121)(H,97,101)(H,102,118)(H,103,125)(H,104,122)(H,105,131)(H,106,132)(H,107,123)(H,108,126)(H,109,128)(H,110,129)(H,111,124)(H,112,127)(H,113,134)(H,114,130)(H4,90,91,98)(H4,92,93,99)(H4,94,95,100)/t47-,54+,55+,56+,57+,58+,59+,60+,61+,62+,63+,64+,65-,68+/m1/s1. The molecule has 17 amide bonds. The predicted octanol–water partition coefficient (Wildman–Crippen LogP) is -5.99. The van der Waals surface area contributed by atoms with Crippen LogP contribution in [0.1, 0.15) is 225 Å². The van der Waals surface area contributed by atoms with Crippen LogP contribution in [0.15, 0.2) is 37.1 Å². The summed E-state index contributed by atoms with van der Waals surface area (Å²) in [6.07, 6.45) is 13.7. The van der Waals surface area contributed by atoms with E-state index in [1.54, 1.807) is 0 Å². The summed E-state index contributed by atoms with van der Waals surface area (Å²) in [6.45, 7) is 4.07. The Balaban J connectivity index is 1.24. The van der Waals surface area contributed by atoms with Crippen molar-refractivity contribution in [2.75, 3.05) is 32.8 Å². The summed E-state index contributed by atoms with van der Waals surface area (Å²) < 4.78 is 0. The third-order valence-corrected chi connectivity index (χ3v) is 24.2. The second-order valence-corrected chi connectivity index (χ2v) is 35.6. The van der Waals surface area contributed by atoms with E-state index in [1.807, 2.05) is 0 Å². The lowest BCUT2D eigenvalue weighted by molar-refractivity contribution is -0.143. The molecule has 0 unspecified atom stereocenters. The molecule has 2 aromatic rings. The number of hydrogen-bond acceptors (Lipinski definition) is 24. The summed E-state index contributed by atoms with van der Waals surface area (Å²) >= 11 is 0. The average Bonchev–Trinajstić information content (AvgIpc) is 1.46. The fourth-order valence-corrected chi connectivity index (χ4v) is 16.9. The first-order chi connectivity index (χ1) is 63.6. The smallest absolute Gasteiger partial charge is 0.248 e. The van der Waals surface area contributed by atoms with Crippen molar-refractivity contribution < 1.29 is 91.7 Å². The predicted molar refractivity (Wildman–Crippen MR) is 487 cm³/mol. The number of aliphatic hydroxyl groups is 2. The largest absolute Gasteiger partial charge is 0.394 e. The molecule has 4 aliphatic rings. The number of nitrogens with zero attached hydrogens (tertiary/aromatic N) is 3. The zero-order valence-electron chi connectivity index (χ0n) is 76.9. The van der Waals surface area contributed by atoms with E-state index in [4.69, 9.17) is 50.6 Å². The molecule has 48 nitrogen and oxygen atoms in total. The Bertz CT molecular complexity index is 4320. The lowest BCUT2D eigenvalue weighted by Crippen LogP contribution is -2.65. The Morgan fingerprint density at radius 3 is 1.29 bits per heavy atom. The minimum absolute atomic E-state index is 0.0131. The number of aliphatic hydroxyl groups excluding tert-OH is 2. The third kappa shape index (κ3) is 38.7. The highest BCUT2D eigenvalue weighted by Crippen LogP contribution is 2.31. The minimum Gasteiger partial charge on any atom is -0.394 e. The van der Waals surface area contributed by atoms with Gasteiger partial charge in [-0.25, -0.2) is 4.98 Å². The van der Waals surface area contributed by atoms with E-state index in [-0.39, 0.29) is 133 Å². The Morgan fingerprint density at radius 2 is 0.866 bits per heavy atom. The number of likely N-dealkylation sites (tertiary alicyclic amines) is 1. The van der Waals surface area contributed by atoms with Crippen LogP contribution in [0.5, 0.6) is 0 Å².